The Kier molecular flexibility index (Phi) is 6.47. The van der Waals surface area contributed by atoms with Crippen molar-refractivity contribution in [2.24, 2.45) is 5.92 Å². The molecular formula is C23H31N5O2. The molecule has 2 aliphatic rings. The Morgan fingerprint density at radius 3 is 2.43 bits per heavy atom. The van der Waals surface area contributed by atoms with E-state index in [1.165, 1.54) is 0 Å². The van der Waals surface area contributed by atoms with Crippen LogP contribution >= 0.6 is 0 Å². The summed E-state index contributed by atoms with van der Waals surface area (Å²) in [5.74, 6) is 2.20. The number of hydrogen-bond acceptors (Lipinski definition) is 6. The summed E-state index contributed by atoms with van der Waals surface area (Å²) in [6.07, 6.45) is 2.13. The summed E-state index contributed by atoms with van der Waals surface area (Å²) >= 11 is 0. The van der Waals surface area contributed by atoms with Gasteiger partial charge in [-0.1, -0.05) is 0 Å². The molecule has 0 spiro atoms. The van der Waals surface area contributed by atoms with Gasteiger partial charge in [0.2, 0.25) is 5.91 Å². The number of benzene rings is 1. The van der Waals surface area contributed by atoms with E-state index in [2.05, 4.69) is 27.0 Å². The first-order valence-corrected chi connectivity index (χ1v) is 10.9. The van der Waals surface area contributed by atoms with E-state index < -0.39 is 0 Å². The third-order valence-electron chi connectivity index (χ3n) is 6.00. The number of amides is 1. The summed E-state index contributed by atoms with van der Waals surface area (Å²) in [5, 5.41) is 8.86. The number of carbonyl (C=O) groups excluding carboxylic acids is 1. The summed E-state index contributed by atoms with van der Waals surface area (Å²) in [5.41, 5.74) is 1.86. The van der Waals surface area contributed by atoms with Crippen LogP contribution in [0.2, 0.25) is 0 Å². The number of piperazine rings is 1. The molecule has 4 rings (SSSR count). The minimum Gasteiger partial charge on any atom is -0.494 e. The van der Waals surface area contributed by atoms with Gasteiger partial charge in [-0.2, -0.15) is 0 Å². The number of aromatic nitrogens is 2. The molecule has 1 atom stereocenters. The van der Waals surface area contributed by atoms with Crippen LogP contribution in [0, 0.1) is 5.92 Å². The summed E-state index contributed by atoms with van der Waals surface area (Å²) in [4.78, 5) is 19.4. The molecule has 160 valence electrons. The third-order valence-corrected chi connectivity index (χ3v) is 6.00. The van der Waals surface area contributed by atoms with Gasteiger partial charge in [0, 0.05) is 38.3 Å². The highest BCUT2D eigenvalue weighted by Gasteiger charge is 2.30. The van der Waals surface area contributed by atoms with E-state index in [4.69, 9.17) is 4.74 Å². The van der Waals surface area contributed by atoms with Crippen LogP contribution in [0.5, 0.6) is 5.75 Å². The predicted octanol–water partition coefficient (Wildman–Crippen LogP) is 2.53. The van der Waals surface area contributed by atoms with Gasteiger partial charge in [0.1, 0.15) is 5.75 Å². The van der Waals surface area contributed by atoms with Crippen LogP contribution in [0.4, 0.5) is 5.82 Å². The maximum Gasteiger partial charge on any atom is 0.227 e. The lowest BCUT2D eigenvalue weighted by molar-refractivity contribution is -0.137. The van der Waals surface area contributed by atoms with Crippen LogP contribution < -0.4 is 9.64 Å². The molecule has 1 aromatic carbocycles. The van der Waals surface area contributed by atoms with E-state index in [1.54, 1.807) is 0 Å². The number of carbonyl (C=O) groups is 1. The second kappa shape index (κ2) is 9.43. The van der Waals surface area contributed by atoms with Gasteiger partial charge in [0.05, 0.1) is 18.2 Å². The van der Waals surface area contributed by atoms with E-state index in [0.29, 0.717) is 12.5 Å². The molecule has 0 bridgehead atoms. The Balaban J connectivity index is 1.33. The van der Waals surface area contributed by atoms with Crippen LogP contribution in [0.15, 0.2) is 36.4 Å². The number of likely N-dealkylation sites (tertiary alicyclic amines) is 1. The predicted molar refractivity (Wildman–Crippen MR) is 118 cm³/mol. The SMILES string of the molecule is CCOc1ccc(-c2ccc(N3CCN(C(=O)C4CCCN(C)C4)CC3)nn2)cc1. The lowest BCUT2D eigenvalue weighted by atomic mass is 9.96. The van der Waals surface area contributed by atoms with Crippen LogP contribution in [0.3, 0.4) is 0 Å². The number of hydrogen-bond donors (Lipinski definition) is 0. The molecule has 2 aromatic rings. The number of anilines is 1. The van der Waals surface area contributed by atoms with Gasteiger partial charge in [-0.3, -0.25) is 4.79 Å². The van der Waals surface area contributed by atoms with Crippen molar-refractivity contribution in [3.05, 3.63) is 36.4 Å². The molecule has 0 N–H and O–H groups in total. The van der Waals surface area contributed by atoms with Crippen molar-refractivity contribution in [1.82, 2.24) is 20.0 Å². The van der Waals surface area contributed by atoms with E-state index in [9.17, 15) is 4.79 Å². The van der Waals surface area contributed by atoms with E-state index in [1.807, 2.05) is 48.2 Å². The molecule has 2 aliphatic heterocycles. The van der Waals surface area contributed by atoms with Gasteiger partial charge in [-0.15, -0.1) is 10.2 Å². The van der Waals surface area contributed by atoms with Gasteiger partial charge in [-0.05, 0) is 69.8 Å². The molecule has 7 heteroatoms. The van der Waals surface area contributed by atoms with Gasteiger partial charge in [0.15, 0.2) is 5.82 Å². The molecule has 2 fully saturated rings. The monoisotopic (exact) mass is 409 g/mol. The molecule has 0 saturated carbocycles. The molecule has 30 heavy (non-hydrogen) atoms. The third kappa shape index (κ3) is 4.73. The lowest BCUT2D eigenvalue weighted by Crippen LogP contribution is -2.52. The van der Waals surface area contributed by atoms with Crippen LogP contribution in [0.1, 0.15) is 19.8 Å². The number of nitrogens with zero attached hydrogens (tertiary/aromatic N) is 5. The number of rotatable bonds is 5. The summed E-state index contributed by atoms with van der Waals surface area (Å²) in [7, 11) is 2.10. The van der Waals surface area contributed by atoms with Gasteiger partial charge < -0.3 is 19.4 Å². The van der Waals surface area contributed by atoms with Crippen LogP contribution in [0.25, 0.3) is 11.3 Å². The summed E-state index contributed by atoms with van der Waals surface area (Å²) in [6.45, 7) is 7.72. The maximum absolute atomic E-state index is 12.9. The highest BCUT2D eigenvalue weighted by molar-refractivity contribution is 5.79. The van der Waals surface area contributed by atoms with Crippen LogP contribution in [-0.2, 0) is 4.79 Å². The highest BCUT2D eigenvalue weighted by Crippen LogP contribution is 2.23. The minimum atomic E-state index is 0.156. The Morgan fingerprint density at radius 2 is 1.80 bits per heavy atom. The topological polar surface area (TPSA) is 61.8 Å². The van der Waals surface area contributed by atoms with Gasteiger partial charge >= 0.3 is 0 Å². The van der Waals surface area contributed by atoms with Crippen LogP contribution in [-0.4, -0.2) is 78.8 Å². The van der Waals surface area contributed by atoms with E-state index in [-0.39, 0.29) is 5.92 Å². The van der Waals surface area contributed by atoms with Crippen molar-refractivity contribution in [1.29, 1.82) is 0 Å². The van der Waals surface area contributed by atoms with Crippen molar-refractivity contribution < 1.29 is 9.53 Å². The van der Waals surface area contributed by atoms with Gasteiger partial charge in [-0.25, -0.2) is 0 Å². The van der Waals surface area contributed by atoms with Crippen molar-refractivity contribution >= 4 is 11.7 Å². The largest absolute Gasteiger partial charge is 0.494 e. The van der Waals surface area contributed by atoms with E-state index >= 15 is 0 Å². The fourth-order valence-corrected chi connectivity index (χ4v) is 4.32. The lowest BCUT2D eigenvalue weighted by Gasteiger charge is -2.38. The standard InChI is InChI=1S/C23H31N5O2/c1-3-30-20-8-6-18(7-9-20)21-10-11-22(25-24-21)27-13-15-28(16-14-27)23(29)19-5-4-12-26(2)17-19/h6-11,19H,3-5,12-17H2,1-2H3. The normalized spacial score (nSPS) is 20.3. The Labute approximate surface area is 178 Å². The van der Waals surface area contributed by atoms with Crippen molar-refractivity contribution in [2.45, 2.75) is 19.8 Å². The molecule has 2 saturated heterocycles. The number of piperidine rings is 1. The smallest absolute Gasteiger partial charge is 0.227 e. The second-order valence-electron chi connectivity index (χ2n) is 8.15. The zero-order valence-corrected chi connectivity index (χ0v) is 18.0. The van der Waals surface area contributed by atoms with Crippen molar-refractivity contribution in [3.63, 3.8) is 0 Å². The molecule has 1 aromatic heterocycles. The first kappa shape index (κ1) is 20.6. The summed E-state index contributed by atoms with van der Waals surface area (Å²) in [6, 6.07) is 11.9. The molecule has 1 amide bonds. The Morgan fingerprint density at radius 1 is 1.03 bits per heavy atom. The zero-order valence-electron chi connectivity index (χ0n) is 18.0. The average molecular weight is 410 g/mol. The fourth-order valence-electron chi connectivity index (χ4n) is 4.32. The quantitative estimate of drug-likeness (QED) is 0.756. The second-order valence-corrected chi connectivity index (χ2v) is 8.15. The fraction of sp³-hybridized carbons (Fsp3) is 0.522. The Bertz CT molecular complexity index is 832. The molecule has 7 nitrogen and oxygen atoms in total. The summed E-state index contributed by atoms with van der Waals surface area (Å²) < 4.78 is 5.49. The maximum atomic E-state index is 12.9. The average Bonchev–Trinajstić information content (AvgIpc) is 2.80. The minimum absolute atomic E-state index is 0.156. The molecule has 3 heterocycles. The zero-order chi connectivity index (χ0) is 20.9. The van der Waals surface area contributed by atoms with Gasteiger partial charge in [0.25, 0.3) is 0 Å². The van der Waals surface area contributed by atoms with Crippen molar-refractivity contribution in [2.75, 3.05) is 57.8 Å². The highest BCUT2D eigenvalue weighted by atomic mass is 16.5. The molecule has 1 unspecified atom stereocenters. The molecule has 0 aliphatic carbocycles. The Hall–Kier alpha value is -2.67. The molecular weight excluding hydrogens is 378 g/mol. The first-order chi connectivity index (χ1) is 14.6. The number of ether oxygens (including phenoxy) is 1. The molecule has 0 radical (unpaired) electrons. The van der Waals surface area contributed by atoms with Crippen molar-refractivity contribution in [3.8, 4) is 17.0 Å². The first-order valence-electron chi connectivity index (χ1n) is 10.9. The van der Waals surface area contributed by atoms with E-state index in [0.717, 1.165) is 74.9 Å².